The van der Waals surface area contributed by atoms with Crippen LogP contribution in [0.2, 0.25) is 0 Å². The molecule has 2 aromatic rings. The number of hydrogen-bond donors (Lipinski definition) is 1. The zero-order valence-electron chi connectivity index (χ0n) is 12.3. The highest BCUT2D eigenvalue weighted by Crippen LogP contribution is 2.21. The number of benzene rings is 2. The van der Waals surface area contributed by atoms with E-state index in [1.165, 1.54) is 11.8 Å². The fourth-order valence-electron chi connectivity index (χ4n) is 2.01. The van der Waals surface area contributed by atoms with Crippen molar-refractivity contribution >= 4 is 33.4 Å². The molecular formula is C17H17BrN2O2. The lowest BCUT2D eigenvalue weighted by Gasteiger charge is -2.20. The predicted molar refractivity (Wildman–Crippen MR) is 90.3 cm³/mol. The molecule has 0 heterocycles. The van der Waals surface area contributed by atoms with E-state index in [0.717, 1.165) is 10.0 Å². The molecule has 2 aromatic carbocycles. The molecule has 0 bridgehead atoms. The van der Waals surface area contributed by atoms with Crippen LogP contribution in [0.4, 0.5) is 5.69 Å². The first-order valence-electron chi connectivity index (χ1n) is 6.90. The molecule has 114 valence electrons. The Morgan fingerprint density at radius 2 is 1.68 bits per heavy atom. The average Bonchev–Trinajstić information content (AvgIpc) is 2.50. The lowest BCUT2D eigenvalue weighted by Crippen LogP contribution is -2.36. The van der Waals surface area contributed by atoms with E-state index >= 15 is 0 Å². The van der Waals surface area contributed by atoms with Gasteiger partial charge in [0.05, 0.1) is 5.69 Å². The van der Waals surface area contributed by atoms with Crippen molar-refractivity contribution in [3.05, 3.63) is 64.6 Å². The predicted octanol–water partition coefficient (Wildman–Crippen LogP) is 3.44. The van der Waals surface area contributed by atoms with Gasteiger partial charge in [0.15, 0.2) is 0 Å². The van der Waals surface area contributed by atoms with Gasteiger partial charge in [0.2, 0.25) is 11.8 Å². The van der Waals surface area contributed by atoms with Gasteiger partial charge in [-0.25, -0.2) is 0 Å². The molecule has 4 nitrogen and oxygen atoms in total. The Morgan fingerprint density at radius 1 is 1.05 bits per heavy atom. The number of para-hydroxylation sites is 1. The third-order valence-electron chi connectivity index (χ3n) is 3.14. The Balaban J connectivity index is 2.00. The lowest BCUT2D eigenvalue weighted by molar-refractivity contribution is -0.133. The Bertz CT molecular complexity index is 659. The van der Waals surface area contributed by atoms with Crippen molar-refractivity contribution in [2.24, 2.45) is 0 Å². The number of anilines is 1. The van der Waals surface area contributed by atoms with Crippen LogP contribution in [0, 0.1) is 0 Å². The number of hydrogen-bond acceptors (Lipinski definition) is 2. The standard InChI is InChI=1S/C17H17BrN2O2/c1-13(21)20(11-14-7-3-2-4-8-14)12-17(22)19-16-10-6-5-9-15(16)18/h2-10H,11-12H2,1H3,(H,19,22). The minimum Gasteiger partial charge on any atom is -0.329 e. The second-order valence-electron chi connectivity index (χ2n) is 4.89. The van der Waals surface area contributed by atoms with Crippen LogP contribution in [0.15, 0.2) is 59.1 Å². The third-order valence-corrected chi connectivity index (χ3v) is 3.84. The maximum absolute atomic E-state index is 12.1. The fraction of sp³-hybridized carbons (Fsp3) is 0.176. The summed E-state index contributed by atoms with van der Waals surface area (Å²) in [5.41, 5.74) is 1.68. The molecule has 2 rings (SSSR count). The summed E-state index contributed by atoms with van der Waals surface area (Å²) in [6.45, 7) is 1.90. The van der Waals surface area contributed by atoms with E-state index in [1.54, 1.807) is 6.07 Å². The number of carbonyl (C=O) groups excluding carboxylic acids is 2. The number of carbonyl (C=O) groups is 2. The van der Waals surface area contributed by atoms with Gasteiger partial charge >= 0.3 is 0 Å². The summed E-state index contributed by atoms with van der Waals surface area (Å²) in [6.07, 6.45) is 0. The second-order valence-corrected chi connectivity index (χ2v) is 5.74. The molecule has 0 unspecified atom stereocenters. The van der Waals surface area contributed by atoms with Crippen molar-refractivity contribution in [1.82, 2.24) is 4.90 Å². The van der Waals surface area contributed by atoms with Crippen molar-refractivity contribution < 1.29 is 9.59 Å². The van der Waals surface area contributed by atoms with E-state index in [2.05, 4.69) is 21.2 Å². The van der Waals surface area contributed by atoms with Gasteiger partial charge in [-0.05, 0) is 33.6 Å². The number of halogens is 1. The van der Waals surface area contributed by atoms with Crippen molar-refractivity contribution in [2.75, 3.05) is 11.9 Å². The molecule has 0 atom stereocenters. The van der Waals surface area contributed by atoms with E-state index in [0.29, 0.717) is 12.2 Å². The van der Waals surface area contributed by atoms with Crippen molar-refractivity contribution in [3.8, 4) is 0 Å². The monoisotopic (exact) mass is 360 g/mol. The third kappa shape index (κ3) is 4.70. The Hall–Kier alpha value is -2.14. The minimum absolute atomic E-state index is 0.0194. The Kier molecular flexibility index (Phi) is 5.72. The summed E-state index contributed by atoms with van der Waals surface area (Å²) >= 11 is 3.38. The molecule has 2 amide bonds. The highest BCUT2D eigenvalue weighted by Gasteiger charge is 2.14. The van der Waals surface area contributed by atoms with Crippen molar-refractivity contribution in [3.63, 3.8) is 0 Å². The largest absolute Gasteiger partial charge is 0.329 e. The first kappa shape index (κ1) is 16.2. The zero-order valence-corrected chi connectivity index (χ0v) is 13.8. The molecule has 0 aliphatic heterocycles. The van der Waals surface area contributed by atoms with Crippen LogP contribution in [-0.4, -0.2) is 23.3 Å². The van der Waals surface area contributed by atoms with Gasteiger partial charge in [0, 0.05) is 17.9 Å². The molecule has 22 heavy (non-hydrogen) atoms. The van der Waals surface area contributed by atoms with Crippen molar-refractivity contribution in [2.45, 2.75) is 13.5 Å². The maximum atomic E-state index is 12.1. The highest BCUT2D eigenvalue weighted by molar-refractivity contribution is 9.10. The van der Waals surface area contributed by atoms with Crippen LogP contribution in [0.5, 0.6) is 0 Å². The maximum Gasteiger partial charge on any atom is 0.244 e. The van der Waals surface area contributed by atoms with Crippen LogP contribution < -0.4 is 5.32 Å². The quantitative estimate of drug-likeness (QED) is 0.887. The zero-order chi connectivity index (χ0) is 15.9. The molecule has 0 radical (unpaired) electrons. The molecule has 0 aromatic heterocycles. The van der Waals surface area contributed by atoms with Gasteiger partial charge in [-0.1, -0.05) is 42.5 Å². The normalized spacial score (nSPS) is 10.1. The Morgan fingerprint density at radius 3 is 2.32 bits per heavy atom. The van der Waals surface area contributed by atoms with Gasteiger partial charge in [-0.3, -0.25) is 9.59 Å². The summed E-state index contributed by atoms with van der Waals surface area (Å²) in [7, 11) is 0. The molecule has 0 fully saturated rings. The van der Waals surface area contributed by atoms with E-state index in [9.17, 15) is 9.59 Å². The molecule has 0 spiro atoms. The number of amides is 2. The van der Waals surface area contributed by atoms with Gasteiger partial charge in [-0.2, -0.15) is 0 Å². The van der Waals surface area contributed by atoms with E-state index < -0.39 is 0 Å². The lowest BCUT2D eigenvalue weighted by atomic mass is 10.2. The smallest absolute Gasteiger partial charge is 0.244 e. The van der Waals surface area contributed by atoms with Gasteiger partial charge in [0.25, 0.3) is 0 Å². The van der Waals surface area contributed by atoms with E-state index in [-0.39, 0.29) is 18.4 Å². The summed E-state index contributed by atoms with van der Waals surface area (Å²) in [5, 5.41) is 2.80. The number of nitrogens with zero attached hydrogens (tertiary/aromatic N) is 1. The van der Waals surface area contributed by atoms with Gasteiger partial charge in [0.1, 0.15) is 6.54 Å². The van der Waals surface area contributed by atoms with Crippen molar-refractivity contribution in [1.29, 1.82) is 0 Å². The highest BCUT2D eigenvalue weighted by atomic mass is 79.9. The molecule has 0 saturated heterocycles. The molecule has 5 heteroatoms. The SMILES string of the molecule is CC(=O)N(CC(=O)Nc1ccccc1Br)Cc1ccccc1. The molecular weight excluding hydrogens is 344 g/mol. The molecule has 0 saturated carbocycles. The summed E-state index contributed by atoms with van der Waals surface area (Å²) in [4.78, 5) is 25.4. The molecule has 0 aliphatic carbocycles. The summed E-state index contributed by atoms with van der Waals surface area (Å²) in [5.74, 6) is -0.357. The average molecular weight is 361 g/mol. The van der Waals surface area contributed by atoms with Crippen LogP contribution >= 0.6 is 15.9 Å². The molecule has 0 aliphatic rings. The van der Waals surface area contributed by atoms with E-state index in [1.807, 2.05) is 48.5 Å². The topological polar surface area (TPSA) is 49.4 Å². The minimum atomic E-state index is -0.224. The van der Waals surface area contributed by atoms with Gasteiger partial charge in [-0.15, -0.1) is 0 Å². The number of rotatable bonds is 5. The fourth-order valence-corrected chi connectivity index (χ4v) is 2.39. The van der Waals surface area contributed by atoms with Crippen LogP contribution in [0.25, 0.3) is 0 Å². The van der Waals surface area contributed by atoms with E-state index in [4.69, 9.17) is 0 Å². The summed E-state index contributed by atoms with van der Waals surface area (Å²) in [6, 6.07) is 17.0. The first-order chi connectivity index (χ1) is 10.6. The number of nitrogens with one attached hydrogen (secondary N) is 1. The van der Waals surface area contributed by atoms with Crippen LogP contribution in [0.3, 0.4) is 0 Å². The Labute approximate surface area is 138 Å². The van der Waals surface area contributed by atoms with Crippen LogP contribution in [-0.2, 0) is 16.1 Å². The second kappa shape index (κ2) is 7.75. The first-order valence-corrected chi connectivity index (χ1v) is 7.69. The summed E-state index contributed by atoms with van der Waals surface area (Å²) < 4.78 is 0.806. The van der Waals surface area contributed by atoms with Crippen LogP contribution in [0.1, 0.15) is 12.5 Å². The van der Waals surface area contributed by atoms with Gasteiger partial charge < -0.3 is 10.2 Å². The molecule has 1 N–H and O–H groups in total.